The summed E-state index contributed by atoms with van der Waals surface area (Å²) in [5, 5.41) is 21.1. The third-order valence-electron chi connectivity index (χ3n) is 6.25. The Balaban J connectivity index is 2.06. The van der Waals surface area contributed by atoms with Crippen molar-refractivity contribution < 1.29 is 34.0 Å². The molecule has 7 heteroatoms. The van der Waals surface area contributed by atoms with E-state index in [2.05, 4.69) is 6.92 Å². The van der Waals surface area contributed by atoms with Crippen molar-refractivity contribution >= 4 is 11.6 Å². The van der Waals surface area contributed by atoms with E-state index in [1.54, 1.807) is 12.1 Å². The summed E-state index contributed by atoms with van der Waals surface area (Å²) in [6.45, 7) is 2.20. The predicted molar refractivity (Wildman–Crippen MR) is 131 cm³/mol. The number of allylic oxidation sites excluding steroid dienone is 2. The summed E-state index contributed by atoms with van der Waals surface area (Å²) < 4.78 is 16.0. The molecule has 1 aliphatic carbocycles. The van der Waals surface area contributed by atoms with Crippen molar-refractivity contribution in [1.29, 1.82) is 0 Å². The summed E-state index contributed by atoms with van der Waals surface area (Å²) in [7, 11) is 4.42. The number of benzene rings is 1. The van der Waals surface area contributed by atoms with Gasteiger partial charge in [-0.2, -0.15) is 0 Å². The van der Waals surface area contributed by atoms with Crippen LogP contribution in [0, 0.1) is 0 Å². The molecule has 0 amide bonds. The number of hydrogen-bond donors (Lipinski definition) is 2. The van der Waals surface area contributed by atoms with Crippen LogP contribution in [0.4, 0.5) is 0 Å². The van der Waals surface area contributed by atoms with Gasteiger partial charge in [0.1, 0.15) is 17.2 Å². The van der Waals surface area contributed by atoms with E-state index in [0.717, 1.165) is 19.3 Å². The van der Waals surface area contributed by atoms with Crippen molar-refractivity contribution in [1.82, 2.24) is 0 Å². The molecule has 0 heterocycles. The molecule has 0 saturated carbocycles. The van der Waals surface area contributed by atoms with Gasteiger partial charge in [0.2, 0.25) is 11.6 Å². The number of unbranched alkanes of at least 4 members (excludes halogenated alkanes) is 8. The molecule has 188 valence electrons. The molecule has 0 aromatic heterocycles. The number of Topliss-reactive ketones (excluding diaryl/α,β-unsaturated/α-hetero) is 2. The van der Waals surface area contributed by atoms with Gasteiger partial charge in [-0.05, 0) is 12.8 Å². The van der Waals surface area contributed by atoms with E-state index in [0.29, 0.717) is 29.2 Å². The average molecular weight is 475 g/mol. The number of methoxy groups -OCH3 is 3. The highest BCUT2D eigenvalue weighted by atomic mass is 16.5. The van der Waals surface area contributed by atoms with E-state index in [-0.39, 0.29) is 24.0 Å². The Morgan fingerprint density at radius 3 is 1.65 bits per heavy atom. The quantitative estimate of drug-likeness (QED) is 0.239. The van der Waals surface area contributed by atoms with Gasteiger partial charge in [0.15, 0.2) is 11.5 Å². The van der Waals surface area contributed by atoms with E-state index in [9.17, 15) is 19.8 Å². The Morgan fingerprint density at radius 1 is 0.676 bits per heavy atom. The van der Waals surface area contributed by atoms with Gasteiger partial charge in [-0.25, -0.2) is 0 Å². The highest BCUT2D eigenvalue weighted by molar-refractivity contribution is 6.23. The lowest BCUT2D eigenvalue weighted by atomic mass is 9.87. The van der Waals surface area contributed by atoms with Crippen LogP contribution in [0.1, 0.15) is 76.7 Å². The summed E-state index contributed by atoms with van der Waals surface area (Å²) in [5.74, 6) is -1.41. The minimum atomic E-state index is -0.747. The molecule has 0 aliphatic heterocycles. The van der Waals surface area contributed by atoms with Gasteiger partial charge in [-0.15, -0.1) is 0 Å². The fourth-order valence-electron chi connectivity index (χ4n) is 4.21. The van der Waals surface area contributed by atoms with Gasteiger partial charge >= 0.3 is 0 Å². The molecule has 2 rings (SSSR count). The molecule has 0 saturated heterocycles. The van der Waals surface area contributed by atoms with Gasteiger partial charge in [0.25, 0.3) is 0 Å². The SMILES string of the molecule is CCCCCCCCCCCC1=C(O)C(=O)C(Cc2c(OC)cc(OC)cc2OC)=C(O)C1=O. The number of rotatable bonds is 15. The maximum absolute atomic E-state index is 12.9. The molecule has 34 heavy (non-hydrogen) atoms. The Morgan fingerprint density at radius 2 is 1.15 bits per heavy atom. The highest BCUT2D eigenvalue weighted by Crippen LogP contribution is 2.37. The number of aliphatic hydroxyl groups excluding tert-OH is 2. The van der Waals surface area contributed by atoms with Crippen molar-refractivity contribution in [2.45, 2.75) is 77.6 Å². The third kappa shape index (κ3) is 6.78. The van der Waals surface area contributed by atoms with E-state index in [4.69, 9.17) is 14.2 Å². The van der Waals surface area contributed by atoms with E-state index in [1.807, 2.05) is 0 Å². The summed E-state index contributed by atoms with van der Waals surface area (Å²) in [5.41, 5.74) is 0.270. The molecule has 7 nitrogen and oxygen atoms in total. The van der Waals surface area contributed by atoms with Gasteiger partial charge in [0.05, 0.1) is 26.9 Å². The zero-order valence-electron chi connectivity index (χ0n) is 20.9. The lowest BCUT2D eigenvalue weighted by Gasteiger charge is -2.20. The minimum Gasteiger partial charge on any atom is -0.504 e. The van der Waals surface area contributed by atoms with Crippen molar-refractivity contribution in [3.63, 3.8) is 0 Å². The third-order valence-corrected chi connectivity index (χ3v) is 6.25. The lowest BCUT2D eigenvalue weighted by Crippen LogP contribution is -2.25. The topological polar surface area (TPSA) is 102 Å². The number of hydrogen-bond acceptors (Lipinski definition) is 7. The lowest BCUT2D eigenvalue weighted by molar-refractivity contribution is -0.120. The fourth-order valence-corrected chi connectivity index (χ4v) is 4.21. The summed E-state index contributed by atoms with van der Waals surface area (Å²) in [6, 6.07) is 3.24. The molecule has 0 atom stereocenters. The van der Waals surface area contributed by atoms with Crippen molar-refractivity contribution in [2.24, 2.45) is 0 Å². The zero-order chi connectivity index (χ0) is 25.1. The molecule has 1 aromatic carbocycles. The van der Waals surface area contributed by atoms with E-state index < -0.39 is 23.1 Å². The first-order valence-electron chi connectivity index (χ1n) is 12.1. The smallest absolute Gasteiger partial charge is 0.227 e. The summed E-state index contributed by atoms with van der Waals surface area (Å²) >= 11 is 0. The normalized spacial score (nSPS) is 14.1. The van der Waals surface area contributed by atoms with Gasteiger partial charge in [-0.1, -0.05) is 58.3 Å². The van der Waals surface area contributed by atoms with Gasteiger partial charge < -0.3 is 24.4 Å². The van der Waals surface area contributed by atoms with Gasteiger partial charge in [-0.3, -0.25) is 9.59 Å². The molecule has 0 bridgehead atoms. The van der Waals surface area contributed by atoms with Crippen LogP contribution in [-0.2, 0) is 16.0 Å². The molecular weight excluding hydrogens is 436 g/mol. The monoisotopic (exact) mass is 474 g/mol. The molecule has 0 spiro atoms. The largest absolute Gasteiger partial charge is 0.504 e. The maximum Gasteiger partial charge on any atom is 0.227 e. The Hall–Kier alpha value is -2.96. The second-order valence-electron chi connectivity index (χ2n) is 8.58. The van der Waals surface area contributed by atoms with E-state index in [1.165, 1.54) is 53.4 Å². The van der Waals surface area contributed by atoms with Crippen molar-refractivity contribution in [3.8, 4) is 17.2 Å². The number of ketones is 2. The molecule has 2 N–H and O–H groups in total. The van der Waals surface area contributed by atoms with Crippen LogP contribution in [0.5, 0.6) is 17.2 Å². The summed E-state index contributed by atoms with van der Waals surface area (Å²) in [6.07, 6.45) is 10.1. The average Bonchev–Trinajstić information content (AvgIpc) is 2.85. The number of ether oxygens (including phenoxy) is 3. The molecule has 0 fully saturated rings. The first-order valence-corrected chi connectivity index (χ1v) is 12.1. The van der Waals surface area contributed by atoms with Crippen LogP contribution in [0.25, 0.3) is 0 Å². The predicted octanol–water partition coefficient (Wildman–Crippen LogP) is 5.95. The summed E-state index contributed by atoms with van der Waals surface area (Å²) in [4.78, 5) is 25.7. The maximum atomic E-state index is 12.9. The van der Waals surface area contributed by atoms with E-state index >= 15 is 0 Å². The minimum absolute atomic E-state index is 0.0112. The Labute approximate surface area is 202 Å². The van der Waals surface area contributed by atoms with Crippen LogP contribution in [0.15, 0.2) is 34.8 Å². The Bertz CT molecular complexity index is 902. The Kier molecular flexibility index (Phi) is 11.0. The van der Waals surface area contributed by atoms with Gasteiger partial charge in [0, 0.05) is 29.7 Å². The first-order chi connectivity index (χ1) is 16.4. The zero-order valence-corrected chi connectivity index (χ0v) is 20.9. The molecule has 0 unspecified atom stereocenters. The number of aliphatic hydroxyl groups is 2. The second-order valence-corrected chi connectivity index (χ2v) is 8.58. The molecule has 1 aromatic rings. The van der Waals surface area contributed by atoms with Crippen LogP contribution in [0.2, 0.25) is 0 Å². The second kappa shape index (κ2) is 13.7. The highest BCUT2D eigenvalue weighted by Gasteiger charge is 2.35. The van der Waals surface area contributed by atoms with Crippen LogP contribution in [0.3, 0.4) is 0 Å². The van der Waals surface area contributed by atoms with Crippen molar-refractivity contribution in [2.75, 3.05) is 21.3 Å². The first kappa shape index (κ1) is 27.3. The molecule has 0 radical (unpaired) electrons. The van der Waals surface area contributed by atoms with Crippen LogP contribution < -0.4 is 14.2 Å². The molecular formula is C27H38O7. The number of carbonyl (C=O) groups excluding carboxylic acids is 2. The van der Waals surface area contributed by atoms with Crippen LogP contribution >= 0.6 is 0 Å². The number of carbonyl (C=O) groups is 2. The van der Waals surface area contributed by atoms with Crippen LogP contribution in [-0.4, -0.2) is 43.1 Å². The standard InChI is InChI=1S/C27H38O7/c1-5-6-7-8-9-10-11-12-13-14-19-24(28)26(30)21(27(31)25(19)29)17-20-22(33-3)15-18(32-2)16-23(20)34-4/h15-16,28,31H,5-14,17H2,1-4H3. The van der Waals surface area contributed by atoms with Crippen molar-refractivity contribution in [3.05, 3.63) is 40.4 Å². The molecule has 1 aliphatic rings. The fraction of sp³-hybridized carbons (Fsp3) is 0.556.